The van der Waals surface area contributed by atoms with Crippen molar-refractivity contribution in [1.82, 2.24) is 14.7 Å². The first kappa shape index (κ1) is 20.8. The molecule has 1 saturated carbocycles. The molecule has 6 nitrogen and oxygen atoms in total. The van der Waals surface area contributed by atoms with E-state index in [1.165, 1.54) is 18.8 Å². The molecule has 1 aliphatic carbocycles. The van der Waals surface area contributed by atoms with Crippen molar-refractivity contribution in [2.75, 3.05) is 6.54 Å². The second-order valence-electron chi connectivity index (χ2n) is 6.47. The zero-order valence-corrected chi connectivity index (χ0v) is 16.2. The maximum Gasteiger partial charge on any atom is 0.243 e. The fourth-order valence-corrected chi connectivity index (χ4v) is 4.54. The maximum atomic E-state index is 12.6. The van der Waals surface area contributed by atoms with E-state index in [9.17, 15) is 8.42 Å². The molecule has 3 N–H and O–H groups in total. The van der Waals surface area contributed by atoms with Gasteiger partial charge in [0.15, 0.2) is 5.82 Å². The van der Waals surface area contributed by atoms with E-state index in [1.54, 1.807) is 0 Å². The van der Waals surface area contributed by atoms with Crippen molar-refractivity contribution >= 4 is 22.4 Å². The standard InChI is InChI=1S/C18H24N4O2S.ClH/c19-11-17(14-7-3-1-4-8-14)22-25(23,24)16-12-20-18(21-13-16)15-9-5-2-6-10-15;/h2,5-6,9-10,12-14,17,22H,1,3-4,7-8,11,19H2;1H. The molecular formula is C18H25ClN4O2S. The number of hydrogen-bond acceptors (Lipinski definition) is 5. The van der Waals surface area contributed by atoms with E-state index in [2.05, 4.69) is 14.7 Å². The molecule has 3 rings (SSSR count). The summed E-state index contributed by atoms with van der Waals surface area (Å²) in [6, 6.07) is 9.22. The Balaban J connectivity index is 0.00000243. The van der Waals surface area contributed by atoms with Gasteiger partial charge in [-0.05, 0) is 18.8 Å². The summed E-state index contributed by atoms with van der Waals surface area (Å²) in [6.45, 7) is 0.298. The van der Waals surface area contributed by atoms with Gasteiger partial charge < -0.3 is 5.73 Å². The van der Waals surface area contributed by atoms with Crippen LogP contribution in [0.4, 0.5) is 0 Å². The zero-order chi connectivity index (χ0) is 17.7. The van der Waals surface area contributed by atoms with Gasteiger partial charge in [-0.2, -0.15) is 0 Å². The second-order valence-corrected chi connectivity index (χ2v) is 8.18. The quantitative estimate of drug-likeness (QED) is 0.782. The summed E-state index contributed by atoms with van der Waals surface area (Å²) in [7, 11) is -3.67. The lowest BCUT2D eigenvalue weighted by Crippen LogP contribution is -2.45. The number of rotatable bonds is 6. The van der Waals surface area contributed by atoms with Gasteiger partial charge in [-0.25, -0.2) is 23.1 Å². The molecule has 2 aromatic rings. The van der Waals surface area contributed by atoms with Crippen molar-refractivity contribution in [1.29, 1.82) is 0 Å². The van der Waals surface area contributed by atoms with Crippen LogP contribution in [0.25, 0.3) is 11.4 Å². The van der Waals surface area contributed by atoms with E-state index in [0.717, 1.165) is 31.2 Å². The van der Waals surface area contributed by atoms with Crippen molar-refractivity contribution in [2.45, 2.75) is 43.0 Å². The third-order valence-electron chi connectivity index (χ3n) is 4.75. The number of halogens is 1. The van der Waals surface area contributed by atoms with E-state index in [4.69, 9.17) is 5.73 Å². The number of nitrogens with zero attached hydrogens (tertiary/aromatic N) is 2. The molecule has 0 saturated heterocycles. The van der Waals surface area contributed by atoms with Gasteiger partial charge in [-0.1, -0.05) is 49.6 Å². The molecule has 1 aromatic carbocycles. The Hall–Kier alpha value is -1.54. The highest BCUT2D eigenvalue weighted by atomic mass is 35.5. The number of benzene rings is 1. The van der Waals surface area contributed by atoms with Crippen molar-refractivity contribution in [3.05, 3.63) is 42.7 Å². The highest BCUT2D eigenvalue weighted by Crippen LogP contribution is 2.27. The molecule has 1 heterocycles. The smallest absolute Gasteiger partial charge is 0.243 e. The van der Waals surface area contributed by atoms with Crippen LogP contribution in [0.2, 0.25) is 0 Å². The normalized spacial score (nSPS) is 16.7. The Morgan fingerprint density at radius 1 is 1.08 bits per heavy atom. The number of hydrogen-bond donors (Lipinski definition) is 2. The third-order valence-corrected chi connectivity index (χ3v) is 6.19. The molecule has 0 spiro atoms. The number of nitrogens with two attached hydrogens (primary N) is 1. The monoisotopic (exact) mass is 396 g/mol. The van der Waals surface area contributed by atoms with Gasteiger partial charge in [0.05, 0.1) is 12.4 Å². The van der Waals surface area contributed by atoms with Gasteiger partial charge in [0.2, 0.25) is 10.0 Å². The van der Waals surface area contributed by atoms with Crippen LogP contribution in [0.15, 0.2) is 47.6 Å². The van der Waals surface area contributed by atoms with Crippen molar-refractivity contribution in [3.63, 3.8) is 0 Å². The Morgan fingerprint density at radius 2 is 1.69 bits per heavy atom. The molecule has 0 aliphatic heterocycles. The minimum Gasteiger partial charge on any atom is -0.329 e. The lowest BCUT2D eigenvalue weighted by molar-refractivity contribution is 0.294. The molecule has 1 aliphatic rings. The SMILES string of the molecule is Cl.NCC(NS(=O)(=O)c1cnc(-c2ccccc2)nc1)C1CCCCC1. The van der Waals surface area contributed by atoms with Crippen LogP contribution in [0, 0.1) is 5.92 Å². The molecule has 26 heavy (non-hydrogen) atoms. The van der Waals surface area contributed by atoms with E-state index in [-0.39, 0.29) is 23.3 Å². The van der Waals surface area contributed by atoms with Crippen LogP contribution in [0.5, 0.6) is 0 Å². The number of aromatic nitrogens is 2. The number of nitrogens with one attached hydrogen (secondary N) is 1. The summed E-state index contributed by atoms with van der Waals surface area (Å²) in [5, 5.41) is 0. The first-order valence-corrected chi connectivity index (χ1v) is 10.2. The van der Waals surface area contributed by atoms with Crippen molar-refractivity contribution in [2.24, 2.45) is 11.7 Å². The van der Waals surface area contributed by atoms with Gasteiger partial charge in [0, 0.05) is 18.2 Å². The molecule has 0 bridgehead atoms. The topological polar surface area (TPSA) is 98.0 Å². The van der Waals surface area contributed by atoms with E-state index >= 15 is 0 Å². The largest absolute Gasteiger partial charge is 0.329 e. The fraction of sp³-hybridized carbons (Fsp3) is 0.444. The van der Waals surface area contributed by atoms with E-state index in [1.807, 2.05) is 30.3 Å². The van der Waals surface area contributed by atoms with Crippen LogP contribution in [0.1, 0.15) is 32.1 Å². The van der Waals surface area contributed by atoms with Crippen LogP contribution < -0.4 is 10.5 Å². The minimum absolute atomic E-state index is 0. The van der Waals surface area contributed by atoms with Gasteiger partial charge in [0.1, 0.15) is 4.90 Å². The molecule has 142 valence electrons. The molecule has 1 unspecified atom stereocenters. The zero-order valence-electron chi connectivity index (χ0n) is 14.5. The van der Waals surface area contributed by atoms with Crippen LogP contribution in [-0.4, -0.2) is 31.0 Å². The highest BCUT2D eigenvalue weighted by molar-refractivity contribution is 7.89. The fourth-order valence-electron chi connectivity index (χ4n) is 3.33. The summed E-state index contributed by atoms with van der Waals surface area (Å²) in [5.74, 6) is 0.806. The molecular weight excluding hydrogens is 372 g/mol. The Kier molecular flexibility index (Phi) is 7.52. The first-order chi connectivity index (χ1) is 12.1. The highest BCUT2D eigenvalue weighted by Gasteiger charge is 2.27. The lowest BCUT2D eigenvalue weighted by atomic mass is 9.84. The van der Waals surface area contributed by atoms with E-state index < -0.39 is 10.0 Å². The van der Waals surface area contributed by atoms with E-state index in [0.29, 0.717) is 18.3 Å². The van der Waals surface area contributed by atoms with Crippen LogP contribution >= 0.6 is 12.4 Å². The molecule has 0 amide bonds. The molecule has 1 aromatic heterocycles. The molecule has 1 fully saturated rings. The van der Waals surface area contributed by atoms with Crippen molar-refractivity contribution < 1.29 is 8.42 Å². The number of sulfonamides is 1. The van der Waals surface area contributed by atoms with Gasteiger partial charge in [0.25, 0.3) is 0 Å². The first-order valence-electron chi connectivity index (χ1n) is 8.70. The predicted molar refractivity (Wildman–Crippen MR) is 104 cm³/mol. The lowest BCUT2D eigenvalue weighted by Gasteiger charge is -2.29. The Morgan fingerprint density at radius 3 is 2.27 bits per heavy atom. The Bertz CT molecular complexity index is 779. The third kappa shape index (κ3) is 5.01. The summed E-state index contributed by atoms with van der Waals surface area (Å²) in [5.41, 5.74) is 6.68. The van der Waals surface area contributed by atoms with Crippen LogP contribution in [0.3, 0.4) is 0 Å². The summed E-state index contributed by atoms with van der Waals surface area (Å²) < 4.78 is 28.0. The average molecular weight is 397 g/mol. The second kappa shape index (κ2) is 9.41. The van der Waals surface area contributed by atoms with Gasteiger partial charge >= 0.3 is 0 Å². The van der Waals surface area contributed by atoms with Gasteiger partial charge in [-0.15, -0.1) is 12.4 Å². The van der Waals surface area contributed by atoms with Crippen LogP contribution in [-0.2, 0) is 10.0 Å². The predicted octanol–water partition coefficient (Wildman–Crippen LogP) is 2.75. The average Bonchev–Trinajstić information content (AvgIpc) is 2.67. The van der Waals surface area contributed by atoms with Crippen molar-refractivity contribution in [3.8, 4) is 11.4 Å². The van der Waals surface area contributed by atoms with Gasteiger partial charge in [-0.3, -0.25) is 0 Å². The summed E-state index contributed by atoms with van der Waals surface area (Å²) in [4.78, 5) is 8.47. The molecule has 0 radical (unpaired) electrons. The minimum atomic E-state index is -3.67. The summed E-state index contributed by atoms with van der Waals surface area (Å²) >= 11 is 0. The summed E-state index contributed by atoms with van der Waals surface area (Å²) in [6.07, 6.45) is 8.24. The maximum absolute atomic E-state index is 12.6. The molecule has 8 heteroatoms. The molecule has 1 atom stereocenters. The Labute approximate surface area is 161 Å².